The number of hydrogen-bond acceptors (Lipinski definition) is 4. The molecule has 0 saturated carbocycles. The number of hydrogen-bond donors (Lipinski definition) is 2. The topological polar surface area (TPSA) is 67.0 Å². The number of aromatic amines is 1. The molecule has 1 aliphatic heterocycles. The summed E-state index contributed by atoms with van der Waals surface area (Å²) in [6.45, 7) is 2.27. The Labute approximate surface area is 88.2 Å². The first-order valence-corrected chi connectivity index (χ1v) is 5.24. The molecule has 5 heteroatoms. The minimum Gasteiger partial charge on any atom is -0.466 e. The van der Waals surface area contributed by atoms with Crippen LogP contribution in [0.15, 0.2) is 6.20 Å². The first-order valence-electron chi connectivity index (χ1n) is 5.24. The SMILES string of the molecule is CCOC(=O)CC1CCc2[nH]ncc2N1. The van der Waals surface area contributed by atoms with Gasteiger partial charge in [-0.25, -0.2) is 0 Å². The summed E-state index contributed by atoms with van der Waals surface area (Å²) in [6, 6.07) is 0.175. The molecule has 1 aromatic heterocycles. The van der Waals surface area contributed by atoms with Crippen molar-refractivity contribution in [3.8, 4) is 0 Å². The number of rotatable bonds is 3. The van der Waals surface area contributed by atoms with Crippen molar-refractivity contribution >= 4 is 11.7 Å². The largest absolute Gasteiger partial charge is 0.466 e. The highest BCUT2D eigenvalue weighted by atomic mass is 16.5. The number of aromatic nitrogens is 2. The molecule has 0 bridgehead atoms. The van der Waals surface area contributed by atoms with Gasteiger partial charge in [-0.3, -0.25) is 9.89 Å². The molecule has 2 heterocycles. The number of H-pyrrole nitrogens is 1. The molecule has 2 N–H and O–H groups in total. The number of anilines is 1. The van der Waals surface area contributed by atoms with E-state index in [0.29, 0.717) is 13.0 Å². The van der Waals surface area contributed by atoms with E-state index in [-0.39, 0.29) is 12.0 Å². The third-order valence-corrected chi connectivity index (χ3v) is 2.54. The monoisotopic (exact) mass is 209 g/mol. The van der Waals surface area contributed by atoms with Crippen LogP contribution in [0.1, 0.15) is 25.5 Å². The van der Waals surface area contributed by atoms with Crippen LogP contribution in [0.2, 0.25) is 0 Å². The van der Waals surface area contributed by atoms with E-state index in [2.05, 4.69) is 15.5 Å². The van der Waals surface area contributed by atoms with Crippen LogP contribution < -0.4 is 5.32 Å². The molecule has 0 fully saturated rings. The number of carbonyl (C=O) groups is 1. The second-order valence-corrected chi connectivity index (χ2v) is 3.65. The molecule has 0 aliphatic carbocycles. The van der Waals surface area contributed by atoms with Gasteiger partial charge in [-0.1, -0.05) is 0 Å². The summed E-state index contributed by atoms with van der Waals surface area (Å²) >= 11 is 0. The predicted octanol–water partition coefficient (Wildman–Crippen LogP) is 1.09. The molecule has 1 unspecified atom stereocenters. The predicted molar refractivity (Wildman–Crippen MR) is 55.6 cm³/mol. The van der Waals surface area contributed by atoms with Gasteiger partial charge >= 0.3 is 5.97 Å². The number of fused-ring (bicyclic) bond motifs is 1. The van der Waals surface area contributed by atoms with E-state index in [9.17, 15) is 4.79 Å². The maximum Gasteiger partial charge on any atom is 0.307 e. The van der Waals surface area contributed by atoms with Gasteiger partial charge in [-0.15, -0.1) is 0 Å². The maximum atomic E-state index is 11.3. The Morgan fingerprint density at radius 1 is 1.73 bits per heavy atom. The third-order valence-electron chi connectivity index (χ3n) is 2.54. The summed E-state index contributed by atoms with van der Waals surface area (Å²) in [7, 11) is 0. The van der Waals surface area contributed by atoms with Crippen molar-refractivity contribution in [1.29, 1.82) is 0 Å². The van der Waals surface area contributed by atoms with E-state index in [1.165, 1.54) is 0 Å². The van der Waals surface area contributed by atoms with Crippen LogP contribution in [0.25, 0.3) is 0 Å². The molecule has 0 aromatic carbocycles. The highest BCUT2D eigenvalue weighted by molar-refractivity contribution is 5.71. The van der Waals surface area contributed by atoms with Crippen LogP contribution in [0, 0.1) is 0 Å². The van der Waals surface area contributed by atoms with Crippen molar-refractivity contribution in [3.63, 3.8) is 0 Å². The van der Waals surface area contributed by atoms with Gasteiger partial charge in [0.2, 0.25) is 0 Å². The Balaban J connectivity index is 1.90. The number of esters is 1. The number of aryl methyl sites for hydroxylation is 1. The quantitative estimate of drug-likeness (QED) is 0.731. The molecular weight excluding hydrogens is 194 g/mol. The zero-order valence-electron chi connectivity index (χ0n) is 8.75. The van der Waals surface area contributed by atoms with Crippen molar-refractivity contribution in [2.75, 3.05) is 11.9 Å². The Hall–Kier alpha value is -1.52. The molecule has 1 aromatic rings. The van der Waals surface area contributed by atoms with Crippen LogP contribution in [0.3, 0.4) is 0 Å². The van der Waals surface area contributed by atoms with Crippen LogP contribution in [0.5, 0.6) is 0 Å². The van der Waals surface area contributed by atoms with E-state index in [1.807, 2.05) is 6.92 Å². The van der Waals surface area contributed by atoms with Crippen LogP contribution in [0.4, 0.5) is 5.69 Å². The Bertz CT molecular complexity index is 348. The molecule has 2 rings (SSSR count). The Kier molecular flexibility index (Phi) is 2.89. The van der Waals surface area contributed by atoms with Crippen LogP contribution >= 0.6 is 0 Å². The van der Waals surface area contributed by atoms with Gasteiger partial charge in [-0.05, 0) is 19.8 Å². The molecule has 1 aliphatic rings. The van der Waals surface area contributed by atoms with Crippen molar-refractivity contribution < 1.29 is 9.53 Å². The van der Waals surface area contributed by atoms with Gasteiger partial charge in [0.05, 0.1) is 30.6 Å². The minimum absolute atomic E-state index is 0.137. The third kappa shape index (κ3) is 2.29. The number of nitrogens with zero attached hydrogens (tertiary/aromatic N) is 1. The highest BCUT2D eigenvalue weighted by Gasteiger charge is 2.21. The lowest BCUT2D eigenvalue weighted by Crippen LogP contribution is -2.28. The maximum absolute atomic E-state index is 11.3. The van der Waals surface area contributed by atoms with E-state index >= 15 is 0 Å². The van der Waals surface area contributed by atoms with Crippen molar-refractivity contribution in [2.45, 2.75) is 32.2 Å². The van der Waals surface area contributed by atoms with Gasteiger partial charge in [-0.2, -0.15) is 5.10 Å². The van der Waals surface area contributed by atoms with E-state index < -0.39 is 0 Å². The molecule has 5 nitrogen and oxygen atoms in total. The normalized spacial score (nSPS) is 19.1. The fourth-order valence-electron chi connectivity index (χ4n) is 1.81. The second kappa shape index (κ2) is 4.33. The van der Waals surface area contributed by atoms with Gasteiger partial charge in [0, 0.05) is 6.04 Å². The average molecular weight is 209 g/mol. The van der Waals surface area contributed by atoms with Gasteiger partial charge in [0.25, 0.3) is 0 Å². The van der Waals surface area contributed by atoms with Gasteiger partial charge < -0.3 is 10.1 Å². The van der Waals surface area contributed by atoms with E-state index in [0.717, 1.165) is 24.2 Å². The van der Waals surface area contributed by atoms with Crippen molar-refractivity contribution in [1.82, 2.24) is 10.2 Å². The van der Waals surface area contributed by atoms with Gasteiger partial charge in [0.1, 0.15) is 0 Å². The van der Waals surface area contributed by atoms with E-state index in [4.69, 9.17) is 4.74 Å². The summed E-state index contributed by atoms with van der Waals surface area (Å²) in [5.41, 5.74) is 2.13. The molecular formula is C10H15N3O2. The number of ether oxygens (including phenoxy) is 1. The Morgan fingerprint density at radius 3 is 3.40 bits per heavy atom. The summed E-state index contributed by atoms with van der Waals surface area (Å²) in [4.78, 5) is 11.3. The van der Waals surface area contributed by atoms with Crippen LogP contribution in [-0.2, 0) is 16.0 Å². The molecule has 82 valence electrons. The highest BCUT2D eigenvalue weighted by Crippen LogP contribution is 2.23. The standard InChI is InChI=1S/C10H15N3O2/c1-2-15-10(14)5-7-3-4-8-9(12-7)6-11-13-8/h6-7,12H,2-5H2,1H3,(H,11,13). The summed E-state index contributed by atoms with van der Waals surface area (Å²) in [5.74, 6) is -0.137. The fraction of sp³-hybridized carbons (Fsp3) is 0.600. The van der Waals surface area contributed by atoms with Crippen molar-refractivity contribution in [3.05, 3.63) is 11.9 Å². The smallest absolute Gasteiger partial charge is 0.307 e. The second-order valence-electron chi connectivity index (χ2n) is 3.65. The number of nitrogens with one attached hydrogen (secondary N) is 2. The fourth-order valence-corrected chi connectivity index (χ4v) is 1.81. The minimum atomic E-state index is -0.137. The molecule has 15 heavy (non-hydrogen) atoms. The summed E-state index contributed by atoms with van der Waals surface area (Å²) in [6.07, 6.45) is 4.06. The number of carbonyl (C=O) groups excluding carboxylic acids is 1. The first kappa shape index (κ1) is 10.0. The summed E-state index contributed by atoms with van der Waals surface area (Å²) in [5, 5.41) is 10.1. The molecule has 0 spiro atoms. The lowest BCUT2D eigenvalue weighted by Gasteiger charge is -2.23. The first-order chi connectivity index (χ1) is 7.29. The summed E-state index contributed by atoms with van der Waals surface area (Å²) < 4.78 is 4.91. The average Bonchev–Trinajstić information content (AvgIpc) is 2.65. The zero-order chi connectivity index (χ0) is 10.7. The molecule has 0 radical (unpaired) electrons. The lowest BCUT2D eigenvalue weighted by molar-refractivity contribution is -0.143. The molecule has 1 atom stereocenters. The molecule has 0 saturated heterocycles. The lowest BCUT2D eigenvalue weighted by atomic mass is 10.0. The van der Waals surface area contributed by atoms with Gasteiger partial charge in [0.15, 0.2) is 0 Å². The zero-order valence-corrected chi connectivity index (χ0v) is 8.75. The van der Waals surface area contributed by atoms with Crippen LogP contribution in [-0.4, -0.2) is 28.8 Å². The molecule has 0 amide bonds. The van der Waals surface area contributed by atoms with E-state index in [1.54, 1.807) is 6.20 Å². The Morgan fingerprint density at radius 2 is 2.60 bits per heavy atom. The van der Waals surface area contributed by atoms with Crippen molar-refractivity contribution in [2.24, 2.45) is 0 Å².